The van der Waals surface area contributed by atoms with E-state index in [2.05, 4.69) is 32.9 Å². The van der Waals surface area contributed by atoms with Gasteiger partial charge in [-0.3, -0.25) is 0 Å². The van der Waals surface area contributed by atoms with Crippen LogP contribution in [0.1, 0.15) is 78.6 Å². The van der Waals surface area contributed by atoms with Crippen LogP contribution in [-0.2, 0) is 0 Å². The van der Waals surface area contributed by atoms with Crippen molar-refractivity contribution in [3.05, 3.63) is 12.2 Å². The van der Waals surface area contributed by atoms with Gasteiger partial charge in [0.05, 0.1) is 0 Å². The molecule has 0 aliphatic carbocycles. The minimum absolute atomic E-state index is 0.844. The van der Waals surface area contributed by atoms with Gasteiger partial charge in [0.2, 0.25) is 0 Å². The average Bonchev–Trinajstić information content (AvgIpc) is 2.27. The van der Waals surface area contributed by atoms with Crippen LogP contribution in [0.3, 0.4) is 0 Å². The highest BCUT2D eigenvalue weighted by Crippen LogP contribution is 2.14. The van der Waals surface area contributed by atoms with Gasteiger partial charge in [-0.05, 0) is 31.6 Å². The summed E-state index contributed by atoms with van der Waals surface area (Å²) in [4.78, 5) is 0. The van der Waals surface area contributed by atoms with Crippen LogP contribution >= 0.6 is 0 Å². The van der Waals surface area contributed by atoms with E-state index in [1.807, 2.05) is 0 Å². The van der Waals surface area contributed by atoms with Gasteiger partial charge in [-0.1, -0.05) is 65.0 Å². The summed E-state index contributed by atoms with van der Waals surface area (Å²) in [5, 5.41) is 0. The van der Waals surface area contributed by atoms with Gasteiger partial charge in [-0.25, -0.2) is 0 Å². The van der Waals surface area contributed by atoms with Crippen LogP contribution in [0, 0.1) is 5.92 Å². The van der Waals surface area contributed by atoms with E-state index >= 15 is 0 Å². The smallest absolute Gasteiger partial charge is 0.0236 e. The first-order chi connectivity index (χ1) is 7.35. The van der Waals surface area contributed by atoms with E-state index in [0.717, 1.165) is 5.92 Å². The Balaban J connectivity index is 3.44. The molecule has 0 fully saturated rings. The standard InChI is InChI=1S/C15H30/c1-4-7-9-10-11-12-14-15(6-3)13-8-5-2/h12,14-15H,4-11,13H2,1-3H3/b14-12+. The zero-order chi connectivity index (χ0) is 11.4. The van der Waals surface area contributed by atoms with Crippen molar-refractivity contribution in [1.82, 2.24) is 0 Å². The molecular formula is C15H30. The van der Waals surface area contributed by atoms with Crippen molar-refractivity contribution in [1.29, 1.82) is 0 Å². The van der Waals surface area contributed by atoms with Crippen molar-refractivity contribution >= 4 is 0 Å². The van der Waals surface area contributed by atoms with Gasteiger partial charge in [0, 0.05) is 0 Å². The van der Waals surface area contributed by atoms with Crippen LogP contribution in [0.25, 0.3) is 0 Å². The van der Waals surface area contributed by atoms with Gasteiger partial charge in [0.1, 0.15) is 0 Å². The largest absolute Gasteiger partial charge is 0.0883 e. The first-order valence-corrected chi connectivity index (χ1v) is 7.01. The predicted octanol–water partition coefficient (Wildman–Crippen LogP) is 5.73. The molecule has 0 aliphatic rings. The molecule has 1 atom stereocenters. The lowest BCUT2D eigenvalue weighted by Gasteiger charge is -2.08. The van der Waals surface area contributed by atoms with Crippen molar-refractivity contribution in [2.75, 3.05) is 0 Å². The number of rotatable bonds is 10. The Hall–Kier alpha value is -0.260. The summed E-state index contributed by atoms with van der Waals surface area (Å²) in [6, 6.07) is 0. The lowest BCUT2D eigenvalue weighted by Crippen LogP contribution is -1.93. The fourth-order valence-corrected chi connectivity index (χ4v) is 1.88. The molecule has 15 heavy (non-hydrogen) atoms. The number of hydrogen-bond donors (Lipinski definition) is 0. The molecule has 0 spiro atoms. The molecule has 0 bridgehead atoms. The molecule has 90 valence electrons. The molecule has 0 aliphatic heterocycles. The van der Waals surface area contributed by atoms with Crippen LogP contribution < -0.4 is 0 Å². The number of allylic oxidation sites excluding steroid dienone is 2. The van der Waals surface area contributed by atoms with Crippen LogP contribution in [-0.4, -0.2) is 0 Å². The van der Waals surface area contributed by atoms with Gasteiger partial charge in [-0.2, -0.15) is 0 Å². The van der Waals surface area contributed by atoms with Crippen LogP contribution in [0.15, 0.2) is 12.2 Å². The summed E-state index contributed by atoms with van der Waals surface area (Å²) in [6.07, 6.45) is 17.1. The fourth-order valence-electron chi connectivity index (χ4n) is 1.88. The fraction of sp³-hybridized carbons (Fsp3) is 0.867. The minimum atomic E-state index is 0.844. The van der Waals surface area contributed by atoms with E-state index < -0.39 is 0 Å². The summed E-state index contributed by atoms with van der Waals surface area (Å²) in [5.74, 6) is 0.844. The van der Waals surface area contributed by atoms with Gasteiger partial charge in [-0.15, -0.1) is 0 Å². The third-order valence-corrected chi connectivity index (χ3v) is 3.09. The summed E-state index contributed by atoms with van der Waals surface area (Å²) in [7, 11) is 0. The maximum absolute atomic E-state index is 2.46. The topological polar surface area (TPSA) is 0 Å². The normalized spacial score (nSPS) is 13.5. The quantitative estimate of drug-likeness (QED) is 0.319. The van der Waals surface area contributed by atoms with Crippen molar-refractivity contribution in [3.8, 4) is 0 Å². The maximum atomic E-state index is 2.46. The van der Waals surface area contributed by atoms with Gasteiger partial charge in [0.25, 0.3) is 0 Å². The summed E-state index contributed by atoms with van der Waals surface area (Å²) < 4.78 is 0. The number of unbranched alkanes of at least 4 members (excludes halogenated alkanes) is 5. The molecule has 0 aromatic carbocycles. The van der Waals surface area contributed by atoms with E-state index in [-0.39, 0.29) is 0 Å². The SMILES string of the molecule is CCCCCC/C=C/C(CC)CCCC. The molecule has 0 aromatic rings. The molecule has 0 heterocycles. The Labute approximate surface area is 97.2 Å². The van der Waals surface area contributed by atoms with E-state index in [9.17, 15) is 0 Å². The van der Waals surface area contributed by atoms with Gasteiger partial charge < -0.3 is 0 Å². The molecule has 0 amide bonds. The van der Waals surface area contributed by atoms with E-state index in [1.165, 1.54) is 57.8 Å². The third kappa shape index (κ3) is 10.0. The highest BCUT2D eigenvalue weighted by molar-refractivity contribution is 4.87. The molecule has 1 unspecified atom stereocenters. The average molecular weight is 210 g/mol. The van der Waals surface area contributed by atoms with Crippen molar-refractivity contribution in [2.24, 2.45) is 5.92 Å². The molecule has 0 rings (SSSR count). The Morgan fingerprint density at radius 1 is 0.867 bits per heavy atom. The summed E-state index contributed by atoms with van der Waals surface area (Å²) >= 11 is 0. The second-order valence-corrected chi connectivity index (χ2v) is 4.59. The van der Waals surface area contributed by atoms with Gasteiger partial charge in [0.15, 0.2) is 0 Å². The first-order valence-electron chi connectivity index (χ1n) is 7.01. The van der Waals surface area contributed by atoms with Crippen LogP contribution in [0.5, 0.6) is 0 Å². The molecular weight excluding hydrogens is 180 g/mol. The van der Waals surface area contributed by atoms with Crippen LogP contribution in [0.2, 0.25) is 0 Å². The molecule has 0 N–H and O–H groups in total. The van der Waals surface area contributed by atoms with Crippen molar-refractivity contribution in [2.45, 2.75) is 78.6 Å². The Morgan fingerprint density at radius 3 is 2.20 bits per heavy atom. The van der Waals surface area contributed by atoms with E-state index in [1.54, 1.807) is 0 Å². The minimum Gasteiger partial charge on any atom is -0.0883 e. The Morgan fingerprint density at radius 2 is 1.60 bits per heavy atom. The Bertz CT molecular complexity index is 135. The van der Waals surface area contributed by atoms with Gasteiger partial charge >= 0.3 is 0 Å². The zero-order valence-electron chi connectivity index (χ0n) is 11.1. The predicted molar refractivity (Wildman–Crippen MR) is 71.2 cm³/mol. The second kappa shape index (κ2) is 11.8. The van der Waals surface area contributed by atoms with Crippen molar-refractivity contribution < 1.29 is 0 Å². The molecule has 0 saturated heterocycles. The number of hydrogen-bond acceptors (Lipinski definition) is 0. The maximum Gasteiger partial charge on any atom is -0.0236 e. The zero-order valence-corrected chi connectivity index (χ0v) is 11.1. The lowest BCUT2D eigenvalue weighted by atomic mass is 9.98. The van der Waals surface area contributed by atoms with Crippen LogP contribution in [0.4, 0.5) is 0 Å². The molecule has 0 saturated carbocycles. The molecule has 0 radical (unpaired) electrons. The van der Waals surface area contributed by atoms with E-state index in [0.29, 0.717) is 0 Å². The third-order valence-electron chi connectivity index (χ3n) is 3.09. The molecule has 0 nitrogen and oxygen atoms in total. The highest BCUT2D eigenvalue weighted by Gasteiger charge is 1.99. The molecule has 0 heteroatoms. The Kier molecular flexibility index (Phi) is 11.6. The lowest BCUT2D eigenvalue weighted by molar-refractivity contribution is 0.538. The monoisotopic (exact) mass is 210 g/mol. The van der Waals surface area contributed by atoms with Crippen molar-refractivity contribution in [3.63, 3.8) is 0 Å². The van der Waals surface area contributed by atoms with E-state index in [4.69, 9.17) is 0 Å². The second-order valence-electron chi connectivity index (χ2n) is 4.59. The summed E-state index contributed by atoms with van der Waals surface area (Å²) in [5.41, 5.74) is 0. The highest BCUT2D eigenvalue weighted by atomic mass is 14.0. The summed E-state index contributed by atoms with van der Waals surface area (Å²) in [6.45, 7) is 6.86. The molecule has 0 aromatic heterocycles. The first kappa shape index (κ1) is 14.7.